The van der Waals surface area contributed by atoms with Crippen molar-refractivity contribution in [2.24, 2.45) is 0 Å². The quantitative estimate of drug-likeness (QED) is 0.374. The molecule has 1 fully saturated rings. The van der Waals surface area contributed by atoms with Crippen LogP contribution >= 0.6 is 0 Å². The third-order valence-electron chi connectivity index (χ3n) is 7.40. The third kappa shape index (κ3) is 5.68. The standard InChI is InChI=1S/C28H30F5N5O/c1-16(2)38-8-9-39-27-22(29)10-18(11-24(27)38)26-23(30)15-35-25(36-26)13-19-12-21(28(31,32)33)20(14-34-19)17-4-6-37(3)7-5-17/h10-12,14-17H,4-9,13H2,1-3H3. The molecule has 0 aliphatic carbocycles. The molecular weight excluding hydrogens is 517 g/mol. The van der Waals surface area contributed by atoms with Crippen molar-refractivity contribution in [3.63, 3.8) is 0 Å². The molecular formula is C28H30F5N5O. The van der Waals surface area contributed by atoms with Crippen molar-refractivity contribution >= 4 is 5.69 Å². The van der Waals surface area contributed by atoms with E-state index in [0.29, 0.717) is 31.7 Å². The van der Waals surface area contributed by atoms with E-state index in [0.717, 1.165) is 31.4 Å². The average molecular weight is 548 g/mol. The lowest BCUT2D eigenvalue weighted by Gasteiger charge is -2.34. The second-order valence-electron chi connectivity index (χ2n) is 10.4. The lowest BCUT2D eigenvalue weighted by atomic mass is 9.87. The van der Waals surface area contributed by atoms with Gasteiger partial charge in [-0.2, -0.15) is 13.2 Å². The third-order valence-corrected chi connectivity index (χ3v) is 7.40. The fourth-order valence-electron chi connectivity index (χ4n) is 5.32. The normalized spacial score (nSPS) is 16.9. The zero-order valence-electron chi connectivity index (χ0n) is 22.0. The molecule has 0 spiro atoms. The van der Waals surface area contributed by atoms with Crippen LogP contribution in [0.2, 0.25) is 0 Å². The van der Waals surface area contributed by atoms with Crippen LogP contribution < -0.4 is 9.64 Å². The average Bonchev–Trinajstić information content (AvgIpc) is 2.89. The van der Waals surface area contributed by atoms with Crippen LogP contribution in [0.15, 0.2) is 30.6 Å². The van der Waals surface area contributed by atoms with Crippen LogP contribution in [-0.2, 0) is 12.6 Å². The number of ether oxygens (including phenoxy) is 1. The van der Waals surface area contributed by atoms with Crippen LogP contribution in [0.4, 0.5) is 27.6 Å². The van der Waals surface area contributed by atoms with Gasteiger partial charge in [0.15, 0.2) is 17.4 Å². The second kappa shape index (κ2) is 10.7. The summed E-state index contributed by atoms with van der Waals surface area (Å²) in [4.78, 5) is 16.6. The molecule has 0 radical (unpaired) electrons. The number of alkyl halides is 3. The highest BCUT2D eigenvalue weighted by Crippen LogP contribution is 2.40. The van der Waals surface area contributed by atoms with Gasteiger partial charge in [-0.25, -0.2) is 18.7 Å². The highest BCUT2D eigenvalue weighted by atomic mass is 19.4. The molecule has 0 bridgehead atoms. The smallest absolute Gasteiger partial charge is 0.416 e. The summed E-state index contributed by atoms with van der Waals surface area (Å²) in [5, 5.41) is 0. The van der Waals surface area contributed by atoms with Gasteiger partial charge in [0.05, 0.1) is 30.4 Å². The Morgan fingerprint density at radius 1 is 1.00 bits per heavy atom. The molecule has 4 heterocycles. The number of pyridine rings is 1. The van der Waals surface area contributed by atoms with Crippen LogP contribution in [0, 0.1) is 11.6 Å². The van der Waals surface area contributed by atoms with Gasteiger partial charge in [0, 0.05) is 23.5 Å². The van der Waals surface area contributed by atoms with E-state index >= 15 is 0 Å². The maximum Gasteiger partial charge on any atom is 0.416 e. The highest BCUT2D eigenvalue weighted by molar-refractivity contribution is 5.72. The molecule has 208 valence electrons. The Morgan fingerprint density at radius 2 is 1.74 bits per heavy atom. The molecule has 5 rings (SSSR count). The Labute approximate surface area is 223 Å². The number of anilines is 1. The van der Waals surface area contributed by atoms with Crippen molar-refractivity contribution in [1.82, 2.24) is 19.9 Å². The fraction of sp³-hybridized carbons (Fsp3) is 0.464. The summed E-state index contributed by atoms with van der Waals surface area (Å²) >= 11 is 0. The van der Waals surface area contributed by atoms with Crippen LogP contribution in [0.5, 0.6) is 5.75 Å². The topological polar surface area (TPSA) is 54.4 Å². The van der Waals surface area contributed by atoms with Crippen molar-refractivity contribution in [2.75, 3.05) is 38.2 Å². The molecule has 2 aliphatic rings. The minimum absolute atomic E-state index is 0.0551. The number of hydrogen-bond donors (Lipinski definition) is 0. The Morgan fingerprint density at radius 3 is 2.44 bits per heavy atom. The number of benzene rings is 1. The van der Waals surface area contributed by atoms with Crippen LogP contribution in [0.1, 0.15) is 55.3 Å². The molecule has 2 aliphatic heterocycles. The first-order chi connectivity index (χ1) is 18.5. The molecule has 39 heavy (non-hydrogen) atoms. The summed E-state index contributed by atoms with van der Waals surface area (Å²) in [5.74, 6) is -1.46. The SMILES string of the molecule is CC(C)N1CCOc2c(F)cc(-c3nc(Cc4cc(C(F)(F)F)c(C5CCN(C)CC5)cn4)ncc3F)cc21. The van der Waals surface area contributed by atoms with Gasteiger partial charge in [0.25, 0.3) is 0 Å². The number of halogens is 5. The van der Waals surface area contributed by atoms with E-state index in [1.165, 1.54) is 6.20 Å². The lowest BCUT2D eigenvalue weighted by Crippen LogP contribution is -2.38. The van der Waals surface area contributed by atoms with Gasteiger partial charge in [-0.05, 0) is 76.5 Å². The van der Waals surface area contributed by atoms with Crippen molar-refractivity contribution in [1.29, 1.82) is 0 Å². The molecule has 1 saturated heterocycles. The first-order valence-corrected chi connectivity index (χ1v) is 13.0. The first kappa shape index (κ1) is 27.2. The number of hydrogen-bond acceptors (Lipinski definition) is 6. The van der Waals surface area contributed by atoms with Crippen LogP contribution in [-0.4, -0.2) is 59.2 Å². The van der Waals surface area contributed by atoms with Gasteiger partial charge in [0.1, 0.15) is 18.1 Å². The summed E-state index contributed by atoms with van der Waals surface area (Å²) in [6, 6.07) is 3.85. The minimum atomic E-state index is -4.55. The minimum Gasteiger partial charge on any atom is -0.486 e. The summed E-state index contributed by atoms with van der Waals surface area (Å²) in [6.07, 6.45) is -1.18. The maximum absolute atomic E-state index is 15.0. The number of likely N-dealkylation sites (tertiary alicyclic amines) is 1. The van der Waals surface area contributed by atoms with Crippen LogP contribution in [0.3, 0.4) is 0 Å². The number of piperidine rings is 1. The monoisotopic (exact) mass is 547 g/mol. The molecule has 0 atom stereocenters. The van der Waals surface area contributed by atoms with Crippen molar-refractivity contribution in [3.05, 3.63) is 64.9 Å². The first-order valence-electron chi connectivity index (χ1n) is 13.0. The van der Waals surface area contributed by atoms with Gasteiger partial charge < -0.3 is 14.5 Å². The summed E-state index contributed by atoms with van der Waals surface area (Å²) in [6.45, 7) is 6.25. The number of nitrogens with zero attached hydrogens (tertiary/aromatic N) is 5. The van der Waals surface area contributed by atoms with Crippen molar-refractivity contribution in [3.8, 4) is 17.0 Å². The summed E-state index contributed by atoms with van der Waals surface area (Å²) in [5.41, 5.74) is 0.135. The Hall–Kier alpha value is -3.34. The lowest BCUT2D eigenvalue weighted by molar-refractivity contribution is -0.138. The van der Waals surface area contributed by atoms with E-state index < -0.39 is 23.4 Å². The molecule has 11 heteroatoms. The Balaban J connectivity index is 1.47. The summed E-state index contributed by atoms with van der Waals surface area (Å²) in [7, 11) is 1.95. The van der Waals surface area contributed by atoms with Gasteiger partial charge in [-0.1, -0.05) is 0 Å². The van der Waals surface area contributed by atoms with Gasteiger partial charge in [-0.3, -0.25) is 4.98 Å². The van der Waals surface area contributed by atoms with Gasteiger partial charge in [-0.15, -0.1) is 0 Å². The van der Waals surface area contributed by atoms with E-state index in [4.69, 9.17) is 4.74 Å². The molecule has 1 aromatic carbocycles. The molecule has 6 nitrogen and oxygen atoms in total. The molecule has 0 saturated carbocycles. The number of fused-ring (bicyclic) bond motifs is 1. The van der Waals surface area contributed by atoms with Gasteiger partial charge >= 0.3 is 6.18 Å². The maximum atomic E-state index is 15.0. The molecule has 0 amide bonds. The predicted octanol–water partition coefficient (Wildman–Crippen LogP) is 5.84. The summed E-state index contributed by atoms with van der Waals surface area (Å²) < 4.78 is 77.4. The van der Waals surface area contributed by atoms with Gasteiger partial charge in [0.2, 0.25) is 0 Å². The molecule has 0 unspecified atom stereocenters. The van der Waals surface area contributed by atoms with Crippen molar-refractivity contribution < 1.29 is 26.7 Å². The zero-order chi connectivity index (χ0) is 27.9. The van der Waals surface area contributed by atoms with E-state index in [1.807, 2.05) is 25.8 Å². The molecule has 0 N–H and O–H groups in total. The van der Waals surface area contributed by atoms with Crippen LogP contribution in [0.25, 0.3) is 11.3 Å². The molecule has 2 aromatic heterocycles. The number of rotatable bonds is 5. The number of aromatic nitrogens is 3. The highest BCUT2D eigenvalue weighted by Gasteiger charge is 2.36. The Kier molecular flexibility index (Phi) is 7.45. The largest absolute Gasteiger partial charge is 0.486 e. The van der Waals surface area contributed by atoms with E-state index in [-0.39, 0.29) is 52.5 Å². The zero-order valence-corrected chi connectivity index (χ0v) is 22.0. The fourth-order valence-corrected chi connectivity index (χ4v) is 5.32. The van der Waals surface area contributed by atoms with E-state index in [9.17, 15) is 22.0 Å². The predicted molar refractivity (Wildman–Crippen MR) is 137 cm³/mol. The van der Waals surface area contributed by atoms with E-state index in [1.54, 1.807) is 6.07 Å². The van der Waals surface area contributed by atoms with E-state index in [2.05, 4.69) is 19.9 Å². The second-order valence-corrected chi connectivity index (χ2v) is 10.4. The van der Waals surface area contributed by atoms with Crippen molar-refractivity contribution in [2.45, 2.75) is 51.2 Å². The molecule has 3 aromatic rings. The Bertz CT molecular complexity index is 1350.